The van der Waals surface area contributed by atoms with Crippen LogP contribution in [0.1, 0.15) is 29.3 Å². The number of carbonyl (C=O) groups excluding carboxylic acids is 1. The molecule has 8 nitrogen and oxygen atoms in total. The number of ether oxygens (including phenoxy) is 2. The minimum absolute atomic E-state index is 0.0814. The van der Waals surface area contributed by atoms with Crippen molar-refractivity contribution in [3.8, 4) is 11.5 Å². The molecule has 0 saturated carbocycles. The summed E-state index contributed by atoms with van der Waals surface area (Å²) in [6.07, 6.45) is 2.37. The molecule has 2 aromatic rings. The molecule has 0 fully saturated rings. The number of hydrogen-bond donors (Lipinski definition) is 1. The summed E-state index contributed by atoms with van der Waals surface area (Å²) >= 11 is 2.15. The molecule has 1 N–H and O–H groups in total. The van der Waals surface area contributed by atoms with Gasteiger partial charge in [-0.3, -0.25) is 14.9 Å². The van der Waals surface area contributed by atoms with Gasteiger partial charge in [-0.1, -0.05) is 6.92 Å². The molecule has 2 aromatic carbocycles. The number of amides is 1. The number of benzene rings is 2. The molecule has 0 radical (unpaired) electrons. The van der Waals surface area contributed by atoms with Crippen molar-refractivity contribution >= 4 is 40.4 Å². The van der Waals surface area contributed by atoms with Gasteiger partial charge in [-0.05, 0) is 58.8 Å². The minimum atomic E-state index is -0.525. The van der Waals surface area contributed by atoms with E-state index >= 15 is 0 Å². The van der Waals surface area contributed by atoms with E-state index in [0.717, 1.165) is 15.6 Å². The van der Waals surface area contributed by atoms with Crippen LogP contribution >= 0.6 is 22.6 Å². The lowest BCUT2D eigenvalue weighted by Crippen LogP contribution is -2.17. The second kappa shape index (κ2) is 9.86. The highest BCUT2D eigenvalue weighted by molar-refractivity contribution is 14.1. The highest BCUT2D eigenvalue weighted by atomic mass is 127. The first-order chi connectivity index (χ1) is 13.0. The average molecular weight is 483 g/mol. The topological polar surface area (TPSA) is 103 Å². The van der Waals surface area contributed by atoms with Crippen LogP contribution in [0.2, 0.25) is 0 Å². The number of nitro groups is 1. The third-order valence-electron chi connectivity index (χ3n) is 3.42. The third kappa shape index (κ3) is 5.64. The van der Waals surface area contributed by atoms with Gasteiger partial charge in [0.2, 0.25) is 0 Å². The standard InChI is InChI=1S/C18H18IN3O5/c1-3-8-27-17-15(19)9-12(10-16(17)26-2)11-20-21-18(23)13-4-6-14(7-5-13)22(24)25/h4-7,9-11H,3,8H2,1-2H3,(H,21,23)/b20-11+. The van der Waals surface area contributed by atoms with Gasteiger partial charge in [-0.25, -0.2) is 5.43 Å². The molecule has 1 amide bonds. The SMILES string of the molecule is CCCOc1c(I)cc(/C=N/NC(=O)c2ccc([N+](=O)[O-])cc2)cc1OC. The summed E-state index contributed by atoms with van der Waals surface area (Å²) in [5.41, 5.74) is 3.30. The van der Waals surface area contributed by atoms with Crippen LogP contribution in [-0.4, -0.2) is 30.8 Å². The Kier molecular flexibility index (Phi) is 7.53. The average Bonchev–Trinajstić information content (AvgIpc) is 2.66. The van der Waals surface area contributed by atoms with Crippen molar-refractivity contribution in [2.75, 3.05) is 13.7 Å². The molecule has 27 heavy (non-hydrogen) atoms. The summed E-state index contributed by atoms with van der Waals surface area (Å²) in [5.74, 6) is 0.788. The Balaban J connectivity index is 2.07. The fraction of sp³-hybridized carbons (Fsp3) is 0.222. The highest BCUT2D eigenvalue weighted by Gasteiger charge is 2.11. The molecule has 0 saturated heterocycles. The lowest BCUT2D eigenvalue weighted by atomic mass is 10.2. The van der Waals surface area contributed by atoms with Gasteiger partial charge in [0.25, 0.3) is 11.6 Å². The molecule has 0 bridgehead atoms. The molecule has 0 aromatic heterocycles. The van der Waals surface area contributed by atoms with Gasteiger partial charge in [-0.15, -0.1) is 0 Å². The van der Waals surface area contributed by atoms with Crippen molar-refractivity contribution in [3.63, 3.8) is 0 Å². The summed E-state index contributed by atoms with van der Waals surface area (Å²) < 4.78 is 11.9. The molecule has 0 aliphatic carbocycles. The van der Waals surface area contributed by atoms with Gasteiger partial charge in [0.1, 0.15) is 0 Å². The van der Waals surface area contributed by atoms with Gasteiger partial charge < -0.3 is 9.47 Å². The van der Waals surface area contributed by atoms with E-state index in [9.17, 15) is 14.9 Å². The number of nitrogens with one attached hydrogen (secondary N) is 1. The predicted molar refractivity (Wildman–Crippen MR) is 110 cm³/mol. The van der Waals surface area contributed by atoms with Crippen LogP contribution in [0, 0.1) is 13.7 Å². The Hall–Kier alpha value is -2.69. The maximum Gasteiger partial charge on any atom is 0.271 e. The van der Waals surface area contributed by atoms with Crippen LogP contribution in [0.15, 0.2) is 41.5 Å². The van der Waals surface area contributed by atoms with E-state index in [-0.39, 0.29) is 11.3 Å². The van der Waals surface area contributed by atoms with E-state index in [1.54, 1.807) is 13.2 Å². The van der Waals surface area contributed by atoms with E-state index in [1.165, 1.54) is 30.5 Å². The Labute approximate surface area is 169 Å². The van der Waals surface area contributed by atoms with Gasteiger partial charge >= 0.3 is 0 Å². The van der Waals surface area contributed by atoms with Gasteiger partial charge in [0.15, 0.2) is 11.5 Å². The number of nitrogens with zero attached hydrogens (tertiary/aromatic N) is 2. The van der Waals surface area contributed by atoms with Crippen LogP contribution in [0.4, 0.5) is 5.69 Å². The highest BCUT2D eigenvalue weighted by Crippen LogP contribution is 2.33. The second-order valence-corrected chi connectivity index (χ2v) is 6.55. The maximum absolute atomic E-state index is 12.0. The van der Waals surface area contributed by atoms with Crippen LogP contribution in [0.5, 0.6) is 11.5 Å². The van der Waals surface area contributed by atoms with Crippen LogP contribution in [0.25, 0.3) is 0 Å². The Morgan fingerprint density at radius 2 is 2.04 bits per heavy atom. The summed E-state index contributed by atoms with van der Waals surface area (Å²) in [7, 11) is 1.56. The van der Waals surface area contributed by atoms with E-state index in [4.69, 9.17) is 9.47 Å². The normalized spacial score (nSPS) is 10.6. The molecule has 0 heterocycles. The molecule has 0 aliphatic rings. The lowest BCUT2D eigenvalue weighted by Gasteiger charge is -2.12. The fourth-order valence-corrected chi connectivity index (χ4v) is 2.90. The largest absolute Gasteiger partial charge is 0.493 e. The zero-order valence-corrected chi connectivity index (χ0v) is 16.9. The second-order valence-electron chi connectivity index (χ2n) is 5.39. The fourth-order valence-electron chi connectivity index (χ4n) is 2.12. The molecule has 142 valence electrons. The van der Waals surface area contributed by atoms with Crippen LogP contribution in [0.3, 0.4) is 0 Å². The number of methoxy groups -OCH3 is 1. The van der Waals surface area contributed by atoms with Crippen molar-refractivity contribution in [3.05, 3.63) is 61.2 Å². The number of carbonyl (C=O) groups is 1. The Bertz CT molecular complexity index is 853. The van der Waals surface area contributed by atoms with E-state index in [2.05, 4.69) is 33.1 Å². The summed E-state index contributed by atoms with van der Waals surface area (Å²) in [6, 6.07) is 8.88. The minimum Gasteiger partial charge on any atom is -0.493 e. The van der Waals surface area contributed by atoms with Crippen molar-refractivity contribution in [2.45, 2.75) is 13.3 Å². The number of rotatable bonds is 8. The van der Waals surface area contributed by atoms with Crippen molar-refractivity contribution in [1.82, 2.24) is 5.43 Å². The first-order valence-corrected chi connectivity index (χ1v) is 9.12. The molecule has 0 spiro atoms. The summed E-state index contributed by atoms with van der Waals surface area (Å²) in [4.78, 5) is 22.1. The van der Waals surface area contributed by atoms with E-state index < -0.39 is 10.8 Å². The molecule has 0 aliphatic heterocycles. The first kappa shape index (κ1) is 20.6. The Morgan fingerprint density at radius 1 is 1.33 bits per heavy atom. The smallest absolute Gasteiger partial charge is 0.271 e. The predicted octanol–water partition coefficient (Wildman–Crippen LogP) is 3.76. The maximum atomic E-state index is 12.0. The summed E-state index contributed by atoms with van der Waals surface area (Å²) in [6.45, 7) is 2.61. The molecule has 9 heteroatoms. The van der Waals surface area contributed by atoms with Gasteiger partial charge in [0.05, 0.1) is 28.4 Å². The molecule has 2 rings (SSSR count). The van der Waals surface area contributed by atoms with Crippen LogP contribution < -0.4 is 14.9 Å². The first-order valence-electron chi connectivity index (χ1n) is 8.04. The van der Waals surface area contributed by atoms with Crippen LogP contribution in [-0.2, 0) is 0 Å². The van der Waals surface area contributed by atoms with Crippen molar-refractivity contribution in [2.24, 2.45) is 5.10 Å². The van der Waals surface area contributed by atoms with E-state index in [1.807, 2.05) is 13.0 Å². The lowest BCUT2D eigenvalue weighted by molar-refractivity contribution is -0.384. The number of hydrogen-bond acceptors (Lipinski definition) is 6. The molecule has 0 atom stereocenters. The number of hydrazone groups is 1. The monoisotopic (exact) mass is 483 g/mol. The molecular formula is C18H18IN3O5. The molecule has 0 unspecified atom stereocenters. The quantitative estimate of drug-likeness (QED) is 0.267. The number of non-ortho nitro benzene ring substituents is 1. The number of nitro benzene ring substituents is 1. The zero-order chi connectivity index (χ0) is 19.8. The van der Waals surface area contributed by atoms with Crippen molar-refractivity contribution in [1.29, 1.82) is 0 Å². The Morgan fingerprint density at radius 3 is 2.63 bits per heavy atom. The molecular weight excluding hydrogens is 465 g/mol. The van der Waals surface area contributed by atoms with Gasteiger partial charge in [0, 0.05) is 17.7 Å². The number of halogens is 1. The third-order valence-corrected chi connectivity index (χ3v) is 4.22. The zero-order valence-electron chi connectivity index (χ0n) is 14.8. The van der Waals surface area contributed by atoms with E-state index in [0.29, 0.717) is 18.1 Å². The summed E-state index contributed by atoms with van der Waals surface area (Å²) in [5, 5.41) is 14.6. The van der Waals surface area contributed by atoms with Crippen molar-refractivity contribution < 1.29 is 19.2 Å². The van der Waals surface area contributed by atoms with Gasteiger partial charge in [-0.2, -0.15) is 5.10 Å².